The maximum absolute atomic E-state index is 13.1. The molecule has 5 nitrogen and oxygen atoms in total. The second kappa shape index (κ2) is 7.98. The highest BCUT2D eigenvalue weighted by molar-refractivity contribution is 5.66. The zero-order chi connectivity index (χ0) is 16.7. The summed E-state index contributed by atoms with van der Waals surface area (Å²) in [7, 11) is 1.28. The van der Waals surface area contributed by atoms with Crippen molar-refractivity contribution in [2.24, 2.45) is 0 Å². The van der Waals surface area contributed by atoms with E-state index in [2.05, 4.69) is 10.1 Å². The van der Waals surface area contributed by atoms with E-state index in [9.17, 15) is 13.6 Å². The fourth-order valence-corrected chi connectivity index (χ4v) is 1.72. The van der Waals surface area contributed by atoms with Gasteiger partial charge in [0, 0.05) is 18.2 Å². The standard InChI is InChI=1S/C16H15F2NO4/c1-21-16(20)19-6-7-22-13-2-4-14(5-3-13)23-15-9-11(17)8-12(18)10-15/h2-5,8-10H,6-7H2,1H3,(H,19,20). The monoisotopic (exact) mass is 323 g/mol. The van der Waals surface area contributed by atoms with Crippen LogP contribution in [0.4, 0.5) is 13.6 Å². The molecule has 2 aromatic rings. The van der Waals surface area contributed by atoms with Crippen molar-refractivity contribution in [1.29, 1.82) is 0 Å². The predicted octanol–water partition coefficient (Wildman–Crippen LogP) is 3.49. The third kappa shape index (κ3) is 5.46. The Bertz CT molecular complexity index is 641. The van der Waals surface area contributed by atoms with Crippen LogP contribution in [0.3, 0.4) is 0 Å². The van der Waals surface area contributed by atoms with Gasteiger partial charge in [-0.05, 0) is 24.3 Å². The van der Waals surface area contributed by atoms with Gasteiger partial charge in [-0.2, -0.15) is 0 Å². The van der Waals surface area contributed by atoms with Gasteiger partial charge in [-0.1, -0.05) is 0 Å². The lowest BCUT2D eigenvalue weighted by Gasteiger charge is -2.09. The number of ether oxygens (including phenoxy) is 3. The highest BCUT2D eigenvalue weighted by atomic mass is 19.1. The van der Waals surface area contributed by atoms with Crippen LogP contribution >= 0.6 is 0 Å². The molecule has 23 heavy (non-hydrogen) atoms. The second-order valence-electron chi connectivity index (χ2n) is 4.45. The Labute approximate surface area is 131 Å². The molecule has 1 N–H and O–H groups in total. The smallest absolute Gasteiger partial charge is 0.406 e. The number of carbonyl (C=O) groups excluding carboxylic acids is 1. The number of alkyl carbamates (subject to hydrolysis) is 1. The molecule has 122 valence electrons. The first-order valence-electron chi connectivity index (χ1n) is 6.75. The van der Waals surface area contributed by atoms with Crippen LogP contribution in [0.5, 0.6) is 17.2 Å². The van der Waals surface area contributed by atoms with Crippen LogP contribution in [0.15, 0.2) is 42.5 Å². The third-order valence-electron chi connectivity index (χ3n) is 2.72. The lowest BCUT2D eigenvalue weighted by Crippen LogP contribution is -2.27. The van der Waals surface area contributed by atoms with Crippen LogP contribution in [0.2, 0.25) is 0 Å². The number of rotatable bonds is 6. The van der Waals surface area contributed by atoms with Crippen molar-refractivity contribution >= 4 is 6.09 Å². The van der Waals surface area contributed by atoms with Crippen LogP contribution in [-0.4, -0.2) is 26.4 Å². The van der Waals surface area contributed by atoms with Crippen LogP contribution in [-0.2, 0) is 4.74 Å². The molecule has 0 bridgehead atoms. The quantitative estimate of drug-likeness (QED) is 0.827. The fraction of sp³-hybridized carbons (Fsp3) is 0.188. The molecule has 0 heterocycles. The van der Waals surface area contributed by atoms with Crippen LogP contribution in [0.1, 0.15) is 0 Å². The van der Waals surface area contributed by atoms with E-state index in [-0.39, 0.29) is 12.4 Å². The molecular weight excluding hydrogens is 308 g/mol. The molecule has 0 saturated carbocycles. The Morgan fingerprint density at radius 2 is 1.61 bits per heavy atom. The molecule has 0 spiro atoms. The summed E-state index contributed by atoms with van der Waals surface area (Å²) in [5, 5.41) is 2.48. The molecule has 0 aromatic heterocycles. The molecule has 0 atom stereocenters. The number of halogens is 2. The van der Waals surface area contributed by atoms with Crippen LogP contribution in [0.25, 0.3) is 0 Å². The van der Waals surface area contributed by atoms with Gasteiger partial charge in [0.15, 0.2) is 0 Å². The number of nitrogens with one attached hydrogen (secondary N) is 1. The zero-order valence-corrected chi connectivity index (χ0v) is 12.3. The van der Waals surface area contributed by atoms with Gasteiger partial charge in [-0.3, -0.25) is 0 Å². The highest BCUT2D eigenvalue weighted by Gasteiger charge is 2.04. The van der Waals surface area contributed by atoms with Gasteiger partial charge in [0.1, 0.15) is 35.5 Å². The van der Waals surface area contributed by atoms with Crippen molar-refractivity contribution in [3.05, 3.63) is 54.1 Å². The van der Waals surface area contributed by atoms with Gasteiger partial charge in [0.05, 0.1) is 13.7 Å². The van der Waals surface area contributed by atoms with Crippen molar-refractivity contribution in [3.8, 4) is 17.2 Å². The zero-order valence-electron chi connectivity index (χ0n) is 12.3. The Morgan fingerprint density at radius 3 is 2.22 bits per heavy atom. The number of methoxy groups -OCH3 is 1. The molecular formula is C16H15F2NO4. The largest absolute Gasteiger partial charge is 0.492 e. The lowest BCUT2D eigenvalue weighted by atomic mass is 10.3. The first kappa shape index (κ1) is 16.5. The Hall–Kier alpha value is -2.83. The first-order chi connectivity index (χ1) is 11.1. The van der Waals surface area contributed by atoms with Crippen molar-refractivity contribution in [3.63, 3.8) is 0 Å². The van der Waals surface area contributed by atoms with E-state index in [0.29, 0.717) is 18.0 Å². The SMILES string of the molecule is COC(=O)NCCOc1ccc(Oc2cc(F)cc(F)c2)cc1. The van der Waals surface area contributed by atoms with E-state index in [1.165, 1.54) is 7.11 Å². The summed E-state index contributed by atoms with van der Waals surface area (Å²) in [6.07, 6.45) is -0.528. The molecule has 1 amide bonds. The average molecular weight is 323 g/mol. The Morgan fingerprint density at radius 1 is 1.00 bits per heavy atom. The van der Waals surface area contributed by atoms with Gasteiger partial charge in [-0.15, -0.1) is 0 Å². The molecule has 7 heteroatoms. The van der Waals surface area contributed by atoms with Gasteiger partial charge in [0.25, 0.3) is 0 Å². The molecule has 0 aliphatic heterocycles. The normalized spacial score (nSPS) is 10.0. The molecule has 2 aromatic carbocycles. The Kier molecular flexibility index (Phi) is 5.74. The molecule has 0 fully saturated rings. The van der Waals surface area contributed by atoms with Gasteiger partial charge < -0.3 is 19.5 Å². The fourth-order valence-electron chi connectivity index (χ4n) is 1.72. The number of hydrogen-bond acceptors (Lipinski definition) is 4. The van der Waals surface area contributed by atoms with E-state index >= 15 is 0 Å². The molecule has 0 aliphatic rings. The number of amides is 1. The first-order valence-corrected chi connectivity index (χ1v) is 6.75. The van der Waals surface area contributed by atoms with Crippen molar-refractivity contribution in [2.45, 2.75) is 0 Å². The van der Waals surface area contributed by atoms with E-state index in [1.807, 2.05) is 0 Å². The minimum atomic E-state index is -0.710. The summed E-state index contributed by atoms with van der Waals surface area (Å²) in [5.41, 5.74) is 0. The summed E-state index contributed by atoms with van der Waals surface area (Å²) in [5.74, 6) is -0.376. The van der Waals surface area contributed by atoms with E-state index < -0.39 is 17.7 Å². The van der Waals surface area contributed by atoms with Crippen molar-refractivity contribution in [2.75, 3.05) is 20.3 Å². The summed E-state index contributed by atoms with van der Waals surface area (Å²) in [6, 6.07) is 9.44. The predicted molar refractivity (Wildman–Crippen MR) is 78.8 cm³/mol. The van der Waals surface area contributed by atoms with E-state index in [1.54, 1.807) is 24.3 Å². The second-order valence-corrected chi connectivity index (χ2v) is 4.45. The van der Waals surface area contributed by atoms with Gasteiger partial charge >= 0.3 is 6.09 Å². The number of hydrogen-bond donors (Lipinski definition) is 1. The minimum absolute atomic E-state index is 0.0680. The summed E-state index contributed by atoms with van der Waals surface area (Å²) in [6.45, 7) is 0.567. The van der Waals surface area contributed by atoms with Crippen LogP contribution in [0, 0.1) is 11.6 Å². The van der Waals surface area contributed by atoms with Crippen molar-refractivity contribution < 1.29 is 27.8 Å². The maximum atomic E-state index is 13.1. The summed E-state index contributed by atoms with van der Waals surface area (Å²) in [4.78, 5) is 10.8. The van der Waals surface area contributed by atoms with E-state index in [0.717, 1.165) is 18.2 Å². The minimum Gasteiger partial charge on any atom is -0.492 e. The number of benzene rings is 2. The van der Waals surface area contributed by atoms with Gasteiger partial charge in [0.2, 0.25) is 0 Å². The van der Waals surface area contributed by atoms with Crippen LogP contribution < -0.4 is 14.8 Å². The lowest BCUT2D eigenvalue weighted by molar-refractivity contribution is 0.168. The molecule has 0 unspecified atom stereocenters. The third-order valence-corrected chi connectivity index (χ3v) is 2.72. The van der Waals surface area contributed by atoms with Crippen molar-refractivity contribution in [1.82, 2.24) is 5.32 Å². The van der Waals surface area contributed by atoms with Gasteiger partial charge in [-0.25, -0.2) is 13.6 Å². The van der Waals surface area contributed by atoms with E-state index in [4.69, 9.17) is 9.47 Å². The molecule has 0 aliphatic carbocycles. The topological polar surface area (TPSA) is 56.8 Å². The average Bonchev–Trinajstić information content (AvgIpc) is 2.52. The molecule has 0 saturated heterocycles. The molecule has 0 radical (unpaired) electrons. The maximum Gasteiger partial charge on any atom is 0.406 e. The highest BCUT2D eigenvalue weighted by Crippen LogP contribution is 2.25. The molecule has 2 rings (SSSR count). The summed E-state index contributed by atoms with van der Waals surface area (Å²) >= 11 is 0. The number of carbonyl (C=O) groups is 1. The Balaban J connectivity index is 1.85. The summed E-state index contributed by atoms with van der Waals surface area (Å²) < 4.78 is 41.3.